The number of nitrogens with one attached hydrogen (secondary N) is 1. The molecule has 2 rings (SSSR count). The van der Waals surface area contributed by atoms with Crippen LogP contribution in [0.15, 0.2) is 30.3 Å². The second-order valence-electron chi connectivity index (χ2n) is 5.23. The van der Waals surface area contributed by atoms with E-state index < -0.39 is 0 Å². The fourth-order valence-corrected chi connectivity index (χ4v) is 2.65. The molecule has 1 aliphatic carbocycles. The van der Waals surface area contributed by atoms with E-state index in [1.54, 1.807) is 0 Å². The lowest BCUT2D eigenvalue weighted by molar-refractivity contribution is 0.0998. The molecule has 17 heavy (non-hydrogen) atoms. The molecule has 3 atom stereocenters. The SMILES string of the molecule is CC(NCC1CCCC(O)C1)c1ccccc1. The average molecular weight is 233 g/mol. The molecule has 0 bridgehead atoms. The summed E-state index contributed by atoms with van der Waals surface area (Å²) in [6.07, 6.45) is 4.32. The van der Waals surface area contributed by atoms with Gasteiger partial charge in [-0.05, 0) is 44.2 Å². The van der Waals surface area contributed by atoms with Gasteiger partial charge in [0.15, 0.2) is 0 Å². The summed E-state index contributed by atoms with van der Waals surface area (Å²) < 4.78 is 0. The van der Waals surface area contributed by atoms with E-state index in [9.17, 15) is 5.11 Å². The van der Waals surface area contributed by atoms with Gasteiger partial charge in [-0.15, -0.1) is 0 Å². The van der Waals surface area contributed by atoms with Crippen LogP contribution in [0.5, 0.6) is 0 Å². The first kappa shape index (κ1) is 12.6. The fourth-order valence-electron chi connectivity index (χ4n) is 2.65. The Kier molecular flexibility index (Phi) is 4.57. The third kappa shape index (κ3) is 3.83. The minimum atomic E-state index is -0.0671. The summed E-state index contributed by atoms with van der Waals surface area (Å²) >= 11 is 0. The molecule has 2 N–H and O–H groups in total. The van der Waals surface area contributed by atoms with Gasteiger partial charge in [-0.1, -0.05) is 36.8 Å². The van der Waals surface area contributed by atoms with Crippen LogP contribution in [-0.4, -0.2) is 17.8 Å². The van der Waals surface area contributed by atoms with Crippen molar-refractivity contribution >= 4 is 0 Å². The molecule has 1 aromatic rings. The lowest BCUT2D eigenvalue weighted by Crippen LogP contribution is -2.30. The van der Waals surface area contributed by atoms with Crippen molar-refractivity contribution in [3.8, 4) is 0 Å². The summed E-state index contributed by atoms with van der Waals surface area (Å²) in [5.74, 6) is 0.643. The monoisotopic (exact) mass is 233 g/mol. The molecule has 2 heteroatoms. The van der Waals surface area contributed by atoms with E-state index in [2.05, 4.69) is 36.5 Å². The summed E-state index contributed by atoms with van der Waals surface area (Å²) in [7, 11) is 0. The number of hydrogen-bond acceptors (Lipinski definition) is 2. The smallest absolute Gasteiger partial charge is 0.0543 e. The molecule has 1 aliphatic rings. The highest BCUT2D eigenvalue weighted by Crippen LogP contribution is 2.24. The van der Waals surface area contributed by atoms with Gasteiger partial charge in [0, 0.05) is 6.04 Å². The van der Waals surface area contributed by atoms with Crippen LogP contribution in [-0.2, 0) is 0 Å². The lowest BCUT2D eigenvalue weighted by atomic mass is 9.87. The van der Waals surface area contributed by atoms with Crippen LogP contribution >= 0.6 is 0 Å². The van der Waals surface area contributed by atoms with Crippen LogP contribution in [0.1, 0.15) is 44.2 Å². The first-order chi connectivity index (χ1) is 8.25. The van der Waals surface area contributed by atoms with E-state index in [0.717, 1.165) is 19.4 Å². The molecule has 1 fully saturated rings. The normalized spacial score (nSPS) is 26.7. The third-order valence-corrected chi connectivity index (χ3v) is 3.77. The molecule has 0 radical (unpaired) electrons. The number of hydrogen-bond donors (Lipinski definition) is 2. The van der Waals surface area contributed by atoms with Crippen molar-refractivity contribution in [2.75, 3.05) is 6.54 Å². The molecule has 0 heterocycles. The van der Waals surface area contributed by atoms with Gasteiger partial charge in [0.05, 0.1) is 6.10 Å². The zero-order valence-corrected chi connectivity index (χ0v) is 10.6. The molecule has 1 saturated carbocycles. The van der Waals surface area contributed by atoms with E-state index in [4.69, 9.17) is 0 Å². The van der Waals surface area contributed by atoms with Crippen LogP contribution < -0.4 is 5.32 Å². The van der Waals surface area contributed by atoms with Crippen molar-refractivity contribution in [3.63, 3.8) is 0 Å². The van der Waals surface area contributed by atoms with Crippen LogP contribution in [0.25, 0.3) is 0 Å². The Morgan fingerprint density at radius 1 is 1.29 bits per heavy atom. The van der Waals surface area contributed by atoms with Gasteiger partial charge >= 0.3 is 0 Å². The predicted octanol–water partition coefficient (Wildman–Crippen LogP) is 2.89. The largest absolute Gasteiger partial charge is 0.393 e. The quantitative estimate of drug-likeness (QED) is 0.838. The highest BCUT2D eigenvalue weighted by molar-refractivity contribution is 5.17. The van der Waals surface area contributed by atoms with Crippen LogP contribution in [0.2, 0.25) is 0 Å². The maximum atomic E-state index is 9.63. The van der Waals surface area contributed by atoms with Crippen LogP contribution in [0, 0.1) is 5.92 Å². The number of benzene rings is 1. The molecule has 0 saturated heterocycles. The highest BCUT2D eigenvalue weighted by Gasteiger charge is 2.20. The maximum absolute atomic E-state index is 9.63. The Morgan fingerprint density at radius 3 is 2.76 bits per heavy atom. The van der Waals surface area contributed by atoms with E-state index in [0.29, 0.717) is 12.0 Å². The molecule has 0 amide bonds. The minimum absolute atomic E-state index is 0.0671. The lowest BCUT2D eigenvalue weighted by Gasteiger charge is -2.27. The van der Waals surface area contributed by atoms with Crippen molar-refractivity contribution in [1.29, 1.82) is 0 Å². The second kappa shape index (κ2) is 6.18. The molecule has 0 aromatic heterocycles. The summed E-state index contributed by atoms with van der Waals surface area (Å²) in [5.41, 5.74) is 1.34. The van der Waals surface area contributed by atoms with Gasteiger partial charge in [-0.2, -0.15) is 0 Å². The minimum Gasteiger partial charge on any atom is -0.393 e. The van der Waals surface area contributed by atoms with Crippen LogP contribution in [0.4, 0.5) is 0 Å². The second-order valence-corrected chi connectivity index (χ2v) is 5.23. The summed E-state index contributed by atoms with van der Waals surface area (Å²) in [6, 6.07) is 10.9. The molecule has 0 spiro atoms. The van der Waals surface area contributed by atoms with Gasteiger partial charge in [0.1, 0.15) is 0 Å². The average Bonchev–Trinajstić information content (AvgIpc) is 2.37. The number of rotatable bonds is 4. The molecule has 0 aliphatic heterocycles. The summed E-state index contributed by atoms with van der Waals surface area (Å²) in [4.78, 5) is 0. The fraction of sp³-hybridized carbons (Fsp3) is 0.600. The Bertz CT molecular complexity index is 325. The van der Waals surface area contributed by atoms with Gasteiger partial charge in [0.25, 0.3) is 0 Å². The number of aliphatic hydroxyl groups excluding tert-OH is 1. The first-order valence-corrected chi connectivity index (χ1v) is 6.72. The van der Waals surface area contributed by atoms with Crippen molar-refractivity contribution in [2.24, 2.45) is 5.92 Å². The molecule has 1 aromatic carbocycles. The third-order valence-electron chi connectivity index (χ3n) is 3.77. The van der Waals surface area contributed by atoms with Crippen LogP contribution in [0.3, 0.4) is 0 Å². The van der Waals surface area contributed by atoms with E-state index in [1.165, 1.54) is 18.4 Å². The molecule has 94 valence electrons. The molecule has 3 unspecified atom stereocenters. The van der Waals surface area contributed by atoms with Crippen molar-refractivity contribution < 1.29 is 5.11 Å². The van der Waals surface area contributed by atoms with Gasteiger partial charge < -0.3 is 10.4 Å². The standard InChI is InChI=1S/C15H23NO/c1-12(14-7-3-2-4-8-14)16-11-13-6-5-9-15(17)10-13/h2-4,7-8,12-13,15-17H,5-6,9-11H2,1H3. The summed E-state index contributed by atoms with van der Waals surface area (Å²) in [6.45, 7) is 3.22. The highest BCUT2D eigenvalue weighted by atomic mass is 16.3. The molecular weight excluding hydrogens is 210 g/mol. The van der Waals surface area contributed by atoms with Gasteiger partial charge in [-0.3, -0.25) is 0 Å². The van der Waals surface area contributed by atoms with Crippen molar-refractivity contribution in [3.05, 3.63) is 35.9 Å². The Labute approximate surface area is 104 Å². The molecule has 2 nitrogen and oxygen atoms in total. The Balaban J connectivity index is 1.78. The number of aliphatic hydroxyl groups is 1. The maximum Gasteiger partial charge on any atom is 0.0543 e. The topological polar surface area (TPSA) is 32.3 Å². The van der Waals surface area contributed by atoms with Crippen molar-refractivity contribution in [2.45, 2.75) is 44.8 Å². The van der Waals surface area contributed by atoms with E-state index in [-0.39, 0.29) is 6.10 Å². The van der Waals surface area contributed by atoms with E-state index >= 15 is 0 Å². The van der Waals surface area contributed by atoms with Gasteiger partial charge in [0.2, 0.25) is 0 Å². The van der Waals surface area contributed by atoms with E-state index in [1.807, 2.05) is 6.07 Å². The first-order valence-electron chi connectivity index (χ1n) is 6.72. The predicted molar refractivity (Wildman–Crippen MR) is 70.8 cm³/mol. The Morgan fingerprint density at radius 2 is 2.06 bits per heavy atom. The zero-order chi connectivity index (χ0) is 12.1. The summed E-state index contributed by atoms with van der Waals surface area (Å²) in [5, 5.41) is 13.2. The zero-order valence-electron chi connectivity index (χ0n) is 10.6. The molecular formula is C15H23NO. The van der Waals surface area contributed by atoms with Gasteiger partial charge in [-0.25, -0.2) is 0 Å². The Hall–Kier alpha value is -0.860. The van der Waals surface area contributed by atoms with Crippen molar-refractivity contribution in [1.82, 2.24) is 5.32 Å².